The van der Waals surface area contributed by atoms with E-state index in [1.54, 1.807) is 29.2 Å². The first-order chi connectivity index (χ1) is 15.6. The molecule has 162 valence electrons. The molecule has 0 radical (unpaired) electrons. The molecule has 1 fully saturated rings. The summed E-state index contributed by atoms with van der Waals surface area (Å²) in [5.74, 6) is 1.31. The van der Waals surface area contributed by atoms with Crippen LogP contribution in [0.15, 0.2) is 58.7 Å². The second-order valence-electron chi connectivity index (χ2n) is 7.82. The minimum Gasteiger partial charge on any atom is -0.443 e. The van der Waals surface area contributed by atoms with E-state index in [-0.39, 0.29) is 11.9 Å². The molecule has 4 heterocycles. The largest absolute Gasteiger partial charge is 0.443 e. The molecule has 6 nitrogen and oxygen atoms in total. The maximum absolute atomic E-state index is 13.2. The van der Waals surface area contributed by atoms with Crippen molar-refractivity contribution in [2.24, 2.45) is 0 Å². The Balaban J connectivity index is 1.31. The molecule has 32 heavy (non-hydrogen) atoms. The van der Waals surface area contributed by atoms with E-state index in [9.17, 15) is 4.79 Å². The number of hydrogen-bond acceptors (Lipinski definition) is 6. The summed E-state index contributed by atoms with van der Waals surface area (Å²) in [6.07, 6.45) is 5.77. The van der Waals surface area contributed by atoms with Crippen LogP contribution < -0.4 is 0 Å². The van der Waals surface area contributed by atoms with Crippen LogP contribution in [0.2, 0.25) is 5.02 Å². The van der Waals surface area contributed by atoms with Gasteiger partial charge in [-0.15, -0.1) is 11.3 Å². The third-order valence-electron chi connectivity index (χ3n) is 5.65. The number of halogens is 1. The van der Waals surface area contributed by atoms with Gasteiger partial charge in [0.05, 0.1) is 33.5 Å². The first-order valence-electron chi connectivity index (χ1n) is 10.4. The quantitative estimate of drug-likeness (QED) is 0.377. The number of carbonyl (C=O) groups is 1. The Hall–Kier alpha value is -3.03. The van der Waals surface area contributed by atoms with Gasteiger partial charge in [0.25, 0.3) is 5.91 Å². The van der Waals surface area contributed by atoms with Crippen LogP contribution in [-0.2, 0) is 6.42 Å². The number of hydrogen-bond donors (Lipinski definition) is 0. The summed E-state index contributed by atoms with van der Waals surface area (Å²) in [6.45, 7) is 2.63. The summed E-state index contributed by atoms with van der Waals surface area (Å²) < 4.78 is 6.04. The minimum absolute atomic E-state index is 0.0509. The van der Waals surface area contributed by atoms with Gasteiger partial charge >= 0.3 is 0 Å². The van der Waals surface area contributed by atoms with Crippen molar-refractivity contribution < 1.29 is 9.21 Å². The molecule has 1 saturated heterocycles. The summed E-state index contributed by atoms with van der Waals surface area (Å²) in [7, 11) is 0. The fourth-order valence-corrected chi connectivity index (χ4v) is 4.90. The zero-order valence-corrected chi connectivity index (χ0v) is 19.1. The summed E-state index contributed by atoms with van der Waals surface area (Å²) in [5, 5.41) is 0.705. The summed E-state index contributed by atoms with van der Waals surface area (Å²) in [6, 6.07) is 11.2. The van der Waals surface area contributed by atoms with Crippen LogP contribution in [-0.4, -0.2) is 32.3 Å². The first kappa shape index (κ1) is 20.8. The highest BCUT2D eigenvalue weighted by molar-refractivity contribution is 7.13. The second-order valence-corrected chi connectivity index (χ2v) is 9.11. The lowest BCUT2D eigenvalue weighted by Gasteiger charge is -2.22. The number of benzene rings is 1. The van der Waals surface area contributed by atoms with Crippen molar-refractivity contribution in [1.82, 2.24) is 19.9 Å². The molecule has 1 aliphatic rings. The Kier molecular flexibility index (Phi) is 5.76. The molecule has 0 unspecified atom stereocenters. The molecule has 0 spiro atoms. The van der Waals surface area contributed by atoms with Gasteiger partial charge in [0, 0.05) is 24.2 Å². The van der Waals surface area contributed by atoms with Gasteiger partial charge < -0.3 is 9.32 Å². The van der Waals surface area contributed by atoms with Gasteiger partial charge in [0.15, 0.2) is 0 Å². The number of carbonyl (C=O) groups excluding carboxylic acids is 1. The van der Waals surface area contributed by atoms with Gasteiger partial charge in [-0.3, -0.25) is 9.78 Å². The number of amides is 1. The number of oxazole rings is 1. The van der Waals surface area contributed by atoms with Crippen molar-refractivity contribution in [1.29, 1.82) is 0 Å². The molecular formula is C24H21ClN4O2S. The lowest BCUT2D eigenvalue weighted by atomic mass is 10.1. The Bertz CT molecular complexity index is 1230. The van der Waals surface area contributed by atoms with E-state index in [0.717, 1.165) is 40.4 Å². The van der Waals surface area contributed by atoms with Crippen molar-refractivity contribution in [3.8, 4) is 10.6 Å². The average molecular weight is 465 g/mol. The van der Waals surface area contributed by atoms with Crippen LogP contribution in [0.1, 0.15) is 52.1 Å². The van der Waals surface area contributed by atoms with Crippen LogP contribution in [0.3, 0.4) is 0 Å². The Morgan fingerprint density at radius 3 is 2.72 bits per heavy atom. The van der Waals surface area contributed by atoms with Crippen molar-refractivity contribution in [3.05, 3.63) is 87.8 Å². The van der Waals surface area contributed by atoms with E-state index < -0.39 is 0 Å². The molecule has 5 rings (SSSR count). The first-order valence-corrected chi connectivity index (χ1v) is 11.7. The Morgan fingerprint density at radius 2 is 2.00 bits per heavy atom. The van der Waals surface area contributed by atoms with E-state index in [2.05, 4.69) is 15.0 Å². The normalized spacial score (nSPS) is 15.9. The zero-order valence-electron chi connectivity index (χ0n) is 17.5. The van der Waals surface area contributed by atoms with Gasteiger partial charge in [-0.25, -0.2) is 9.97 Å². The highest BCUT2D eigenvalue weighted by Crippen LogP contribution is 2.33. The zero-order chi connectivity index (χ0) is 22.1. The lowest BCUT2D eigenvalue weighted by Crippen LogP contribution is -2.30. The fourth-order valence-electron chi connectivity index (χ4n) is 4.00. The fraction of sp³-hybridized carbons (Fsp3) is 0.250. The molecule has 1 aromatic carbocycles. The minimum atomic E-state index is -0.162. The van der Waals surface area contributed by atoms with Gasteiger partial charge in [-0.05, 0) is 49.6 Å². The number of thiazole rings is 1. The third-order valence-corrected chi connectivity index (χ3v) is 6.85. The highest BCUT2D eigenvalue weighted by Gasteiger charge is 2.34. The molecule has 1 atom stereocenters. The van der Waals surface area contributed by atoms with Crippen LogP contribution in [0.4, 0.5) is 0 Å². The molecule has 1 amide bonds. The molecule has 0 saturated carbocycles. The maximum atomic E-state index is 13.2. The summed E-state index contributed by atoms with van der Waals surface area (Å²) in [5.41, 5.74) is 5.24. The molecule has 3 aromatic heterocycles. The smallest absolute Gasteiger partial charge is 0.256 e. The van der Waals surface area contributed by atoms with E-state index >= 15 is 0 Å². The van der Waals surface area contributed by atoms with Crippen molar-refractivity contribution in [3.63, 3.8) is 0 Å². The monoisotopic (exact) mass is 464 g/mol. The Labute approximate surface area is 194 Å². The number of aromatic nitrogens is 3. The number of rotatable bonds is 5. The average Bonchev–Trinajstić information content (AvgIpc) is 3.56. The van der Waals surface area contributed by atoms with Gasteiger partial charge in [0.2, 0.25) is 5.89 Å². The standard InChI is InChI=1S/C24H21ClN4O2S/c1-15-22(32-14-28-15)20-9-6-17(12-26-20)24(30)29-10-2-3-21(29)23-27-13-19(31-23)11-16-4-7-18(25)8-5-16/h4-9,12-14,21H,2-3,10-11H2,1H3/t21-/m1/s1. The van der Waals surface area contributed by atoms with Crippen molar-refractivity contribution >= 4 is 28.8 Å². The maximum Gasteiger partial charge on any atom is 0.256 e. The second kappa shape index (κ2) is 8.84. The predicted molar refractivity (Wildman–Crippen MR) is 124 cm³/mol. The third kappa shape index (κ3) is 4.18. The van der Waals surface area contributed by atoms with Crippen LogP contribution in [0.25, 0.3) is 10.6 Å². The molecule has 0 N–H and O–H groups in total. The highest BCUT2D eigenvalue weighted by atomic mass is 35.5. The number of likely N-dealkylation sites (tertiary alicyclic amines) is 1. The van der Waals surface area contributed by atoms with Gasteiger partial charge in [-0.1, -0.05) is 23.7 Å². The topological polar surface area (TPSA) is 72.1 Å². The SMILES string of the molecule is Cc1ncsc1-c1ccc(C(=O)N2CCC[C@@H]2c2ncc(Cc3ccc(Cl)cc3)o2)cn1. The number of aryl methyl sites for hydroxylation is 1. The van der Waals surface area contributed by atoms with Crippen LogP contribution >= 0.6 is 22.9 Å². The van der Waals surface area contributed by atoms with E-state index in [1.165, 1.54) is 0 Å². The van der Waals surface area contributed by atoms with Crippen LogP contribution in [0, 0.1) is 6.92 Å². The predicted octanol–water partition coefficient (Wildman–Crippen LogP) is 5.72. The van der Waals surface area contributed by atoms with Crippen LogP contribution in [0.5, 0.6) is 0 Å². The van der Waals surface area contributed by atoms with Gasteiger partial charge in [-0.2, -0.15) is 0 Å². The number of nitrogens with zero attached hydrogens (tertiary/aromatic N) is 4. The molecule has 0 aliphatic carbocycles. The molecule has 1 aliphatic heterocycles. The summed E-state index contributed by atoms with van der Waals surface area (Å²) >= 11 is 7.51. The van der Waals surface area contributed by atoms with E-state index in [4.69, 9.17) is 16.0 Å². The Morgan fingerprint density at radius 1 is 1.16 bits per heavy atom. The molecule has 8 heteroatoms. The molecule has 0 bridgehead atoms. The molecular weight excluding hydrogens is 444 g/mol. The number of pyridine rings is 1. The van der Waals surface area contributed by atoms with Gasteiger partial charge in [0.1, 0.15) is 11.8 Å². The van der Waals surface area contributed by atoms with Crippen molar-refractivity contribution in [2.45, 2.75) is 32.2 Å². The van der Waals surface area contributed by atoms with E-state index in [1.807, 2.05) is 48.2 Å². The van der Waals surface area contributed by atoms with Crippen molar-refractivity contribution in [2.75, 3.05) is 6.54 Å². The summed E-state index contributed by atoms with van der Waals surface area (Å²) in [4.78, 5) is 29.3. The van der Waals surface area contributed by atoms with E-state index in [0.29, 0.717) is 29.4 Å². The lowest BCUT2D eigenvalue weighted by molar-refractivity contribution is 0.0714. The molecule has 4 aromatic rings.